The molecule has 21 heavy (non-hydrogen) atoms. The molecular weight excluding hydrogens is 272 g/mol. The molecule has 0 spiro atoms. The zero-order valence-electron chi connectivity index (χ0n) is 11.6. The Hall–Kier alpha value is -2.83. The molecule has 7 nitrogen and oxygen atoms in total. The molecule has 0 aliphatic carbocycles. The first kappa shape index (κ1) is 14.6. The van der Waals surface area contributed by atoms with E-state index in [1.54, 1.807) is 31.4 Å². The van der Waals surface area contributed by atoms with Crippen molar-refractivity contribution >= 4 is 11.7 Å². The number of nitrogens with one attached hydrogen (secondary N) is 1. The predicted octanol–water partition coefficient (Wildman–Crippen LogP) is 0.876. The van der Waals surface area contributed by atoms with Crippen molar-refractivity contribution in [3.05, 3.63) is 42.4 Å². The number of carbonyl (C=O) groups excluding carboxylic acids is 1. The third-order valence-corrected chi connectivity index (χ3v) is 2.66. The molecule has 0 aliphatic rings. The van der Waals surface area contributed by atoms with Crippen LogP contribution in [0.4, 0.5) is 5.82 Å². The zero-order chi connectivity index (χ0) is 15.1. The van der Waals surface area contributed by atoms with Gasteiger partial charge in [0.05, 0.1) is 13.7 Å². The van der Waals surface area contributed by atoms with E-state index in [1.807, 2.05) is 0 Å². The smallest absolute Gasteiger partial charge is 0.273 e. The van der Waals surface area contributed by atoms with Crippen LogP contribution in [-0.4, -0.2) is 36.1 Å². The van der Waals surface area contributed by atoms with Gasteiger partial charge < -0.3 is 20.5 Å². The van der Waals surface area contributed by atoms with Crippen LogP contribution in [0.1, 0.15) is 10.5 Å². The second-order valence-electron chi connectivity index (χ2n) is 4.07. The van der Waals surface area contributed by atoms with Crippen LogP contribution in [0.5, 0.6) is 11.5 Å². The molecule has 3 N–H and O–H groups in total. The molecule has 0 unspecified atom stereocenters. The molecule has 2 rings (SSSR count). The standard InChI is InChI=1S/C14H16N4O3/c1-20-10-2-4-11(5-3-10)21-9-8-18-14(19)12-13(15)17-7-6-16-12/h2-7H,8-9H2,1H3,(H2,15,17)(H,18,19). The van der Waals surface area contributed by atoms with Crippen molar-refractivity contribution in [2.45, 2.75) is 0 Å². The number of nitrogens with zero attached hydrogens (tertiary/aromatic N) is 2. The average Bonchev–Trinajstić information content (AvgIpc) is 2.52. The van der Waals surface area contributed by atoms with Crippen LogP contribution in [0.3, 0.4) is 0 Å². The van der Waals surface area contributed by atoms with Gasteiger partial charge in [-0.25, -0.2) is 9.97 Å². The summed E-state index contributed by atoms with van der Waals surface area (Å²) in [6.07, 6.45) is 2.85. The van der Waals surface area contributed by atoms with Gasteiger partial charge in [0, 0.05) is 12.4 Å². The third kappa shape index (κ3) is 4.07. The Bertz CT molecular complexity index is 601. The Labute approximate surface area is 122 Å². The maximum atomic E-state index is 11.8. The second-order valence-corrected chi connectivity index (χ2v) is 4.07. The van der Waals surface area contributed by atoms with Crippen molar-refractivity contribution in [3.63, 3.8) is 0 Å². The molecular formula is C14H16N4O3. The largest absolute Gasteiger partial charge is 0.497 e. The lowest BCUT2D eigenvalue weighted by molar-refractivity contribution is 0.0942. The number of carbonyl (C=O) groups is 1. The molecule has 1 aromatic carbocycles. The van der Waals surface area contributed by atoms with E-state index < -0.39 is 0 Å². The van der Waals surface area contributed by atoms with Gasteiger partial charge in [-0.3, -0.25) is 4.79 Å². The van der Waals surface area contributed by atoms with Crippen molar-refractivity contribution in [1.29, 1.82) is 0 Å². The average molecular weight is 288 g/mol. The van der Waals surface area contributed by atoms with Gasteiger partial charge in [0.25, 0.3) is 5.91 Å². The van der Waals surface area contributed by atoms with E-state index >= 15 is 0 Å². The molecule has 0 radical (unpaired) electrons. The minimum absolute atomic E-state index is 0.103. The number of hydrogen-bond donors (Lipinski definition) is 2. The maximum absolute atomic E-state index is 11.8. The number of benzene rings is 1. The molecule has 1 amide bonds. The van der Waals surface area contributed by atoms with Gasteiger partial charge in [0.1, 0.15) is 18.1 Å². The Morgan fingerprint density at radius 1 is 1.19 bits per heavy atom. The van der Waals surface area contributed by atoms with Crippen molar-refractivity contribution in [3.8, 4) is 11.5 Å². The summed E-state index contributed by atoms with van der Waals surface area (Å²) in [7, 11) is 1.60. The highest BCUT2D eigenvalue weighted by Crippen LogP contribution is 2.16. The summed E-state index contributed by atoms with van der Waals surface area (Å²) in [6.45, 7) is 0.666. The Morgan fingerprint density at radius 3 is 2.52 bits per heavy atom. The van der Waals surface area contributed by atoms with Gasteiger partial charge in [-0.1, -0.05) is 0 Å². The lowest BCUT2D eigenvalue weighted by Gasteiger charge is -2.08. The summed E-state index contributed by atoms with van der Waals surface area (Å²) >= 11 is 0. The first-order valence-corrected chi connectivity index (χ1v) is 6.32. The van der Waals surface area contributed by atoms with Crippen LogP contribution in [0.15, 0.2) is 36.7 Å². The fourth-order valence-corrected chi connectivity index (χ4v) is 1.61. The summed E-state index contributed by atoms with van der Waals surface area (Å²) in [4.78, 5) is 19.5. The Kier molecular flexibility index (Phi) is 4.92. The van der Waals surface area contributed by atoms with Crippen molar-refractivity contribution in [2.24, 2.45) is 0 Å². The van der Waals surface area contributed by atoms with Crippen LogP contribution < -0.4 is 20.5 Å². The van der Waals surface area contributed by atoms with Crippen molar-refractivity contribution in [2.75, 3.05) is 26.0 Å². The van der Waals surface area contributed by atoms with Gasteiger partial charge >= 0.3 is 0 Å². The molecule has 0 atom stereocenters. The second kappa shape index (κ2) is 7.09. The third-order valence-electron chi connectivity index (χ3n) is 2.66. The fraction of sp³-hybridized carbons (Fsp3) is 0.214. The highest BCUT2D eigenvalue weighted by molar-refractivity contribution is 5.96. The van der Waals surface area contributed by atoms with Crippen molar-refractivity contribution in [1.82, 2.24) is 15.3 Å². The summed E-state index contributed by atoms with van der Waals surface area (Å²) < 4.78 is 10.5. The summed E-state index contributed by atoms with van der Waals surface area (Å²) in [5.41, 5.74) is 5.68. The molecule has 2 aromatic rings. The van der Waals surface area contributed by atoms with E-state index in [2.05, 4.69) is 15.3 Å². The predicted molar refractivity (Wildman–Crippen MR) is 77.3 cm³/mol. The van der Waals surface area contributed by atoms with Crippen molar-refractivity contribution < 1.29 is 14.3 Å². The SMILES string of the molecule is COc1ccc(OCCNC(=O)c2nccnc2N)cc1. The van der Waals surface area contributed by atoms with Crippen LogP contribution in [-0.2, 0) is 0 Å². The lowest BCUT2D eigenvalue weighted by atomic mass is 10.3. The van der Waals surface area contributed by atoms with Gasteiger partial charge in [-0.15, -0.1) is 0 Å². The fourth-order valence-electron chi connectivity index (χ4n) is 1.61. The monoisotopic (exact) mass is 288 g/mol. The summed E-state index contributed by atoms with van der Waals surface area (Å²) in [6, 6.07) is 7.19. The van der Waals surface area contributed by atoms with Gasteiger partial charge in [0.15, 0.2) is 11.5 Å². The Morgan fingerprint density at radius 2 is 1.86 bits per heavy atom. The molecule has 7 heteroatoms. The number of nitrogen functional groups attached to an aromatic ring is 1. The van der Waals surface area contributed by atoms with Crippen LogP contribution in [0.25, 0.3) is 0 Å². The maximum Gasteiger partial charge on any atom is 0.273 e. The minimum atomic E-state index is -0.376. The molecule has 0 saturated heterocycles. The zero-order valence-corrected chi connectivity index (χ0v) is 11.6. The number of nitrogens with two attached hydrogens (primary N) is 1. The normalized spacial score (nSPS) is 9.95. The lowest BCUT2D eigenvalue weighted by Crippen LogP contribution is -2.29. The summed E-state index contributed by atoms with van der Waals surface area (Å²) in [5.74, 6) is 1.18. The molecule has 0 fully saturated rings. The number of hydrogen-bond acceptors (Lipinski definition) is 6. The van der Waals surface area contributed by atoms with Gasteiger partial charge in [-0.2, -0.15) is 0 Å². The van der Waals surface area contributed by atoms with E-state index in [0.29, 0.717) is 18.9 Å². The van der Waals surface area contributed by atoms with E-state index in [1.165, 1.54) is 12.4 Å². The van der Waals surface area contributed by atoms with E-state index in [4.69, 9.17) is 15.2 Å². The number of amides is 1. The van der Waals surface area contributed by atoms with Gasteiger partial charge in [-0.05, 0) is 24.3 Å². The number of methoxy groups -OCH3 is 1. The van der Waals surface area contributed by atoms with Gasteiger partial charge in [0.2, 0.25) is 0 Å². The van der Waals surface area contributed by atoms with Crippen LogP contribution >= 0.6 is 0 Å². The molecule has 110 valence electrons. The first-order valence-electron chi connectivity index (χ1n) is 6.32. The topological polar surface area (TPSA) is 99.4 Å². The first-order chi connectivity index (χ1) is 10.2. The number of aromatic nitrogens is 2. The van der Waals surface area contributed by atoms with E-state index in [0.717, 1.165) is 5.75 Å². The highest BCUT2D eigenvalue weighted by Gasteiger charge is 2.10. The molecule has 0 aliphatic heterocycles. The van der Waals surface area contributed by atoms with E-state index in [9.17, 15) is 4.79 Å². The number of rotatable bonds is 6. The summed E-state index contributed by atoms with van der Waals surface area (Å²) in [5, 5.41) is 2.66. The molecule has 1 heterocycles. The minimum Gasteiger partial charge on any atom is -0.497 e. The quantitative estimate of drug-likeness (QED) is 0.765. The van der Waals surface area contributed by atoms with Crippen LogP contribution in [0.2, 0.25) is 0 Å². The highest BCUT2D eigenvalue weighted by atomic mass is 16.5. The number of anilines is 1. The van der Waals surface area contributed by atoms with Crippen LogP contribution in [0, 0.1) is 0 Å². The molecule has 1 aromatic heterocycles. The van der Waals surface area contributed by atoms with E-state index in [-0.39, 0.29) is 17.4 Å². The molecule has 0 saturated carbocycles. The number of ether oxygens (including phenoxy) is 2. The Balaban J connectivity index is 1.76. The molecule has 0 bridgehead atoms.